The Labute approximate surface area is 192 Å². The first-order chi connectivity index (χ1) is 15.5. The Morgan fingerprint density at radius 1 is 0.875 bits per heavy atom. The van der Waals surface area contributed by atoms with Gasteiger partial charge in [0.05, 0.1) is 5.56 Å². The van der Waals surface area contributed by atoms with Crippen LogP contribution < -0.4 is 15.5 Å². The minimum absolute atomic E-state index is 0.184. The normalized spacial score (nSPS) is 13.2. The minimum atomic E-state index is -0.244. The summed E-state index contributed by atoms with van der Waals surface area (Å²) in [4.78, 5) is 27.1. The summed E-state index contributed by atoms with van der Waals surface area (Å²) in [6, 6.07) is 16.5. The molecule has 6 nitrogen and oxygen atoms in total. The first-order valence-corrected chi connectivity index (χ1v) is 11.6. The highest BCUT2D eigenvalue weighted by molar-refractivity contribution is 7.17. The Hall–Kier alpha value is -3.16. The van der Waals surface area contributed by atoms with Crippen molar-refractivity contribution in [2.45, 2.75) is 32.1 Å². The molecule has 1 aromatic heterocycles. The Kier molecular flexibility index (Phi) is 6.87. The number of amides is 2. The molecule has 0 radical (unpaired) electrons. The number of hydrogen-bond donors (Lipinski definition) is 2. The van der Waals surface area contributed by atoms with E-state index in [1.165, 1.54) is 16.2 Å². The van der Waals surface area contributed by atoms with E-state index >= 15 is 0 Å². The van der Waals surface area contributed by atoms with Crippen molar-refractivity contribution in [1.82, 2.24) is 10.4 Å². The van der Waals surface area contributed by atoms with Gasteiger partial charge >= 0.3 is 0 Å². The van der Waals surface area contributed by atoms with Crippen LogP contribution in [-0.2, 0) is 12.8 Å². The number of carbonyl (C=O) groups is 2. The van der Waals surface area contributed by atoms with E-state index in [4.69, 9.17) is 4.74 Å². The summed E-state index contributed by atoms with van der Waals surface area (Å²) in [5.74, 6) is 0.964. The lowest BCUT2D eigenvalue weighted by molar-refractivity contribution is 0.0857. The van der Waals surface area contributed by atoms with Crippen LogP contribution in [0.1, 0.15) is 50.4 Å². The second-order valence-corrected chi connectivity index (χ2v) is 9.10. The number of ether oxygens (including phenoxy) is 1. The molecule has 0 fully saturated rings. The van der Waals surface area contributed by atoms with Gasteiger partial charge in [0, 0.05) is 24.5 Å². The average Bonchev–Trinajstić information content (AvgIpc) is 2.95. The Bertz CT molecular complexity index is 1090. The van der Waals surface area contributed by atoms with Crippen molar-refractivity contribution in [2.24, 2.45) is 0 Å². The Balaban J connectivity index is 1.54. The van der Waals surface area contributed by atoms with Crippen molar-refractivity contribution in [3.05, 3.63) is 76.2 Å². The fourth-order valence-electron chi connectivity index (χ4n) is 3.80. The van der Waals surface area contributed by atoms with Gasteiger partial charge in [0.1, 0.15) is 16.5 Å². The van der Waals surface area contributed by atoms with Crippen LogP contribution in [0.4, 0.5) is 5.00 Å². The number of fused-ring (bicyclic) bond motifs is 1. The number of benzene rings is 2. The number of hydrogen-bond acceptors (Lipinski definition) is 5. The van der Waals surface area contributed by atoms with Crippen molar-refractivity contribution in [2.75, 3.05) is 19.4 Å². The van der Waals surface area contributed by atoms with Crippen LogP contribution in [0.5, 0.6) is 11.5 Å². The molecule has 1 heterocycles. The number of nitrogens with zero attached hydrogens (tertiary/aromatic N) is 1. The van der Waals surface area contributed by atoms with Crippen molar-refractivity contribution in [3.8, 4) is 11.5 Å². The van der Waals surface area contributed by atoms with Crippen LogP contribution in [0.2, 0.25) is 0 Å². The molecule has 2 amide bonds. The monoisotopic (exact) mass is 449 g/mol. The van der Waals surface area contributed by atoms with E-state index in [9.17, 15) is 9.59 Å². The van der Waals surface area contributed by atoms with Gasteiger partial charge in [-0.25, -0.2) is 5.01 Å². The van der Waals surface area contributed by atoms with E-state index < -0.39 is 0 Å². The molecule has 4 rings (SSSR count). The van der Waals surface area contributed by atoms with Gasteiger partial charge < -0.3 is 10.1 Å². The molecule has 0 unspecified atom stereocenters. The summed E-state index contributed by atoms with van der Waals surface area (Å²) in [6.07, 6.45) is 5.14. The van der Waals surface area contributed by atoms with Crippen LogP contribution in [0.3, 0.4) is 0 Å². The fraction of sp³-hybridized carbons (Fsp3) is 0.280. The molecule has 2 N–H and O–H groups in total. The number of rotatable bonds is 6. The molecular weight excluding hydrogens is 422 g/mol. The summed E-state index contributed by atoms with van der Waals surface area (Å²) < 4.78 is 5.80. The van der Waals surface area contributed by atoms with Gasteiger partial charge in [0.2, 0.25) is 0 Å². The van der Waals surface area contributed by atoms with E-state index in [1.54, 1.807) is 43.4 Å². The molecule has 1 aliphatic rings. The predicted molar refractivity (Wildman–Crippen MR) is 128 cm³/mol. The number of para-hydroxylation sites is 1. The molecule has 0 saturated carbocycles. The topological polar surface area (TPSA) is 70.7 Å². The van der Waals surface area contributed by atoms with E-state index in [-0.39, 0.29) is 11.8 Å². The lowest BCUT2D eigenvalue weighted by Crippen LogP contribution is -2.36. The summed E-state index contributed by atoms with van der Waals surface area (Å²) in [5.41, 5.74) is 5.01. The summed E-state index contributed by atoms with van der Waals surface area (Å²) >= 11 is 1.52. The maximum atomic E-state index is 13.0. The summed E-state index contributed by atoms with van der Waals surface area (Å²) in [5, 5.41) is 5.23. The van der Waals surface area contributed by atoms with Gasteiger partial charge in [-0.15, -0.1) is 11.3 Å². The molecule has 32 heavy (non-hydrogen) atoms. The molecule has 166 valence electrons. The third kappa shape index (κ3) is 5.18. The zero-order chi connectivity index (χ0) is 22.5. The lowest BCUT2D eigenvalue weighted by atomic mass is 10.0. The van der Waals surface area contributed by atoms with Crippen molar-refractivity contribution in [1.29, 1.82) is 0 Å². The van der Waals surface area contributed by atoms with Gasteiger partial charge in [-0.2, -0.15) is 0 Å². The highest BCUT2D eigenvalue weighted by Crippen LogP contribution is 2.38. The second-order valence-electron chi connectivity index (χ2n) is 8.00. The van der Waals surface area contributed by atoms with Crippen LogP contribution >= 0.6 is 11.3 Å². The van der Waals surface area contributed by atoms with Crippen molar-refractivity contribution < 1.29 is 14.3 Å². The molecule has 0 aliphatic heterocycles. The lowest BCUT2D eigenvalue weighted by Gasteiger charge is -2.14. The van der Waals surface area contributed by atoms with Crippen molar-refractivity contribution in [3.63, 3.8) is 0 Å². The fourth-order valence-corrected chi connectivity index (χ4v) is 5.09. The standard InChI is InChI=1S/C25H27N3O3S/c1-28(2)27-24(30)22-20-11-7-4-8-12-21(20)32-25(22)26-23(29)17-13-15-19(16-14-17)31-18-9-5-3-6-10-18/h3,5-6,9-10,13-16H,4,7-8,11-12H2,1-2H3,(H,26,29)(H,27,30). The Morgan fingerprint density at radius 2 is 1.56 bits per heavy atom. The van der Waals surface area contributed by atoms with Crippen molar-refractivity contribution >= 4 is 28.2 Å². The molecule has 0 atom stereocenters. The number of carbonyl (C=O) groups excluding carboxylic acids is 2. The van der Waals surface area contributed by atoms with E-state index in [2.05, 4.69) is 10.7 Å². The quantitative estimate of drug-likeness (QED) is 0.397. The highest BCUT2D eigenvalue weighted by atomic mass is 32.1. The molecule has 2 aromatic carbocycles. The molecule has 0 saturated heterocycles. The Morgan fingerprint density at radius 3 is 2.28 bits per heavy atom. The van der Waals surface area contributed by atoms with Crippen LogP contribution in [0.25, 0.3) is 0 Å². The third-order valence-electron chi connectivity index (χ3n) is 5.30. The maximum Gasteiger partial charge on any atom is 0.268 e. The zero-order valence-corrected chi connectivity index (χ0v) is 19.1. The number of hydrazine groups is 1. The maximum absolute atomic E-state index is 13.0. The van der Waals surface area contributed by atoms with Crippen LogP contribution in [-0.4, -0.2) is 30.9 Å². The molecule has 7 heteroatoms. The molecule has 3 aromatic rings. The first-order valence-electron chi connectivity index (χ1n) is 10.8. The van der Waals surface area contributed by atoms with Crippen LogP contribution in [0.15, 0.2) is 54.6 Å². The number of thiophene rings is 1. The number of aryl methyl sites for hydroxylation is 1. The molecular formula is C25H27N3O3S. The van der Waals surface area contributed by atoms with Crippen LogP contribution in [0, 0.1) is 0 Å². The largest absolute Gasteiger partial charge is 0.457 e. The van der Waals surface area contributed by atoms with E-state index in [0.29, 0.717) is 21.9 Å². The smallest absolute Gasteiger partial charge is 0.268 e. The zero-order valence-electron chi connectivity index (χ0n) is 18.3. The second kappa shape index (κ2) is 9.97. The van der Waals surface area contributed by atoms with Gasteiger partial charge in [-0.3, -0.25) is 15.0 Å². The number of nitrogens with one attached hydrogen (secondary N) is 2. The van der Waals surface area contributed by atoms with Gasteiger partial charge in [-0.05, 0) is 67.6 Å². The first kappa shape index (κ1) is 22.0. The van der Waals surface area contributed by atoms with E-state index in [0.717, 1.165) is 43.4 Å². The minimum Gasteiger partial charge on any atom is -0.457 e. The molecule has 0 bridgehead atoms. The summed E-state index contributed by atoms with van der Waals surface area (Å²) in [7, 11) is 3.56. The van der Waals surface area contributed by atoms with Gasteiger partial charge in [0.15, 0.2) is 0 Å². The molecule has 1 aliphatic carbocycles. The summed E-state index contributed by atoms with van der Waals surface area (Å²) in [6.45, 7) is 0. The number of anilines is 1. The highest BCUT2D eigenvalue weighted by Gasteiger charge is 2.26. The van der Waals surface area contributed by atoms with Gasteiger partial charge in [0.25, 0.3) is 11.8 Å². The third-order valence-corrected chi connectivity index (χ3v) is 6.50. The molecule has 0 spiro atoms. The van der Waals surface area contributed by atoms with Gasteiger partial charge in [-0.1, -0.05) is 24.6 Å². The SMILES string of the molecule is CN(C)NC(=O)c1c(NC(=O)c2ccc(Oc3ccccc3)cc2)sc2c1CCCCC2. The predicted octanol–water partition coefficient (Wildman–Crippen LogP) is 5.27. The average molecular weight is 450 g/mol. The van der Waals surface area contributed by atoms with E-state index in [1.807, 2.05) is 30.3 Å².